The zero-order valence-corrected chi connectivity index (χ0v) is 59.3. The van der Waals surface area contributed by atoms with Gasteiger partial charge in [-0.25, -0.2) is 0 Å². The van der Waals surface area contributed by atoms with Gasteiger partial charge in [0.05, 0.1) is 124 Å². The van der Waals surface area contributed by atoms with E-state index in [1.807, 2.05) is 141 Å². The van der Waals surface area contributed by atoms with Gasteiger partial charge < -0.3 is 81.1 Å². The standard InChI is InChI=1S/C17H24I3N3O8.C16H20B2I3N3O6.C5H7ClO3.I2.HI/c1-6(28)15(23-31)9-12(18)10(16(29)21-7(2-24)3-25)14(20)11(13(9)19)17(30)22-8(4-26)5-27;1-17-27-3-7(4-28-17)23-15(25)9-11(19)10(13(21)14(22)12(9)20)16(26)24-8-5-29-18(2)30-6-8;1-3(5(6)8)9-4(2)7;1-2;/h6-8,15,23-28,31H,2-5H2,1H3,(H,21,29)(H,22,30);7-8H,3-6,22H2,1-2H3,(H,23,25)(H,24,26);3H,1-2H3;;1H/t6-,15?;;3-;;/m0.0../s1. The van der Waals surface area contributed by atoms with E-state index in [1.165, 1.54) is 20.8 Å². The van der Waals surface area contributed by atoms with Crippen molar-refractivity contribution in [2.75, 3.05) is 58.6 Å². The van der Waals surface area contributed by atoms with Gasteiger partial charge in [-0.15, -0.1) is 24.0 Å². The highest BCUT2D eigenvalue weighted by Crippen LogP contribution is 2.37. The minimum Gasteiger partial charge on any atom is -0.453 e. The van der Waals surface area contributed by atoms with Gasteiger partial charge in [-0.2, -0.15) is 5.48 Å². The number of nitrogens with one attached hydrogen (secondary N) is 5. The van der Waals surface area contributed by atoms with Gasteiger partial charge in [0.25, 0.3) is 28.9 Å². The van der Waals surface area contributed by atoms with Crippen LogP contribution in [-0.4, -0.2) is 169 Å². The van der Waals surface area contributed by atoms with Crippen LogP contribution in [0.5, 0.6) is 0 Å². The summed E-state index contributed by atoms with van der Waals surface area (Å²) in [5, 5.41) is 67.0. The Kier molecular flexibility index (Phi) is 39.5. The molecule has 2 aliphatic rings. The van der Waals surface area contributed by atoms with E-state index in [2.05, 4.69) is 63.2 Å². The number of hydrogen-bond acceptors (Lipinski definition) is 19. The maximum Gasteiger partial charge on any atom is 0.453 e. The molecule has 0 bridgehead atoms. The molecule has 0 radical (unpaired) electrons. The van der Waals surface area contributed by atoms with Crippen molar-refractivity contribution in [3.8, 4) is 0 Å². The number of nitrogens with two attached hydrogens (primary N) is 1. The third-order valence-corrected chi connectivity index (χ3v) is 16.5. The maximum absolute atomic E-state index is 13.0. The van der Waals surface area contributed by atoms with Crippen LogP contribution in [0.3, 0.4) is 0 Å². The second kappa shape index (κ2) is 38.5. The van der Waals surface area contributed by atoms with E-state index in [1.54, 1.807) is 13.6 Å². The van der Waals surface area contributed by atoms with Gasteiger partial charge in [-0.05, 0) is 175 Å². The summed E-state index contributed by atoms with van der Waals surface area (Å²) in [6, 6.07) is -3.48. The van der Waals surface area contributed by atoms with Crippen LogP contribution < -0.4 is 32.5 Å². The Morgan fingerprint density at radius 3 is 1.22 bits per heavy atom. The molecule has 2 aliphatic heterocycles. The first-order chi connectivity index (χ1) is 33.8. The van der Waals surface area contributed by atoms with Crippen molar-refractivity contribution in [1.82, 2.24) is 26.7 Å². The maximum atomic E-state index is 13.0. The van der Waals surface area contributed by atoms with Gasteiger partial charge in [0.2, 0.25) is 0 Å². The minimum atomic E-state index is -1.11. The first-order valence-electron chi connectivity index (χ1n) is 20.7. The number of rotatable bonds is 17. The molecule has 2 saturated heterocycles. The molecule has 0 spiro atoms. The molecule has 13 N–H and O–H groups in total. The van der Waals surface area contributed by atoms with Crippen LogP contribution in [0.2, 0.25) is 13.6 Å². The highest BCUT2D eigenvalue weighted by Gasteiger charge is 2.35. The van der Waals surface area contributed by atoms with Gasteiger partial charge in [0.15, 0.2) is 6.10 Å². The van der Waals surface area contributed by atoms with Crippen molar-refractivity contribution in [1.29, 1.82) is 0 Å². The summed E-state index contributed by atoms with van der Waals surface area (Å²) in [6.07, 6.45) is -1.94. The molecule has 0 saturated carbocycles. The number of carbonyl (C=O) groups excluding carboxylic acids is 6. The van der Waals surface area contributed by atoms with Gasteiger partial charge in [0, 0.05) is 64.0 Å². The molecular formula is C38H52B2ClI9N6O17. The zero-order chi connectivity index (χ0) is 55.3. The molecule has 4 amide bonds. The van der Waals surface area contributed by atoms with Crippen LogP contribution in [0.1, 0.15) is 73.8 Å². The molecule has 73 heavy (non-hydrogen) atoms. The summed E-state index contributed by atoms with van der Waals surface area (Å²) in [6.45, 7) is 7.03. The Bertz CT molecular complexity index is 2070. The Morgan fingerprint density at radius 2 is 0.973 bits per heavy atom. The number of anilines is 1. The largest absolute Gasteiger partial charge is 0.453 e. The minimum absolute atomic E-state index is 0. The molecule has 1 unspecified atom stereocenters. The number of hydrogen-bond donors (Lipinski definition) is 12. The topological polar surface area (TPSA) is 356 Å². The molecule has 0 aromatic heterocycles. The summed E-state index contributed by atoms with van der Waals surface area (Å²) in [7, 11) is -0.586. The first-order valence-corrected chi connectivity index (χ1v) is 33.8. The molecular weight excluding hydrogens is 2010 g/mol. The SMILES string of the molecule is CB1OCC(NC(=O)c2c(I)c(N)c(I)c(C(=O)NC3COB(C)OC3)c2I)CO1.CC(=O)O[C@@H](C)C(=O)Cl.C[C@H](O)C(NO)c1c(I)c(C(=O)NC(CO)CO)c(I)c(C(=O)NC(CO)CO)c1I.I.II. The Labute approximate surface area is 549 Å². The van der Waals surface area contributed by atoms with Crippen LogP contribution in [0.15, 0.2) is 0 Å². The van der Waals surface area contributed by atoms with E-state index in [4.69, 9.17) is 36.0 Å². The number of carbonyl (C=O) groups is 6. The predicted molar refractivity (Wildman–Crippen MR) is 349 cm³/mol. The smallest absolute Gasteiger partial charge is 0.453 e. The monoisotopic (exact) mass is 2060 g/mol. The summed E-state index contributed by atoms with van der Waals surface area (Å²) >= 11 is 20.8. The van der Waals surface area contributed by atoms with E-state index >= 15 is 0 Å². The molecule has 2 heterocycles. The van der Waals surface area contributed by atoms with Gasteiger partial charge >= 0.3 is 20.2 Å². The quantitative estimate of drug-likeness (QED) is 0.0268. The molecule has 412 valence electrons. The highest BCUT2D eigenvalue weighted by molar-refractivity contribution is 15.0. The fraction of sp³-hybridized carbons (Fsp3) is 0.526. The van der Waals surface area contributed by atoms with Crippen molar-refractivity contribution in [3.63, 3.8) is 0 Å². The molecule has 4 rings (SSSR count). The van der Waals surface area contributed by atoms with Crippen LogP contribution in [0.25, 0.3) is 0 Å². The first kappa shape index (κ1) is 74.8. The van der Waals surface area contributed by atoms with E-state index in [-0.39, 0.29) is 82.4 Å². The van der Waals surface area contributed by atoms with E-state index in [0.29, 0.717) is 61.1 Å². The third-order valence-electron chi connectivity index (χ3n) is 9.56. The summed E-state index contributed by atoms with van der Waals surface area (Å²) in [5.41, 5.74) is 9.73. The van der Waals surface area contributed by atoms with Gasteiger partial charge in [-0.1, -0.05) is 0 Å². The normalized spacial score (nSPS) is 14.9. The van der Waals surface area contributed by atoms with Crippen LogP contribution >= 0.6 is 208 Å². The van der Waals surface area contributed by atoms with Crippen molar-refractivity contribution < 1.29 is 82.9 Å². The Hall–Kier alpha value is 1.81. The average molecular weight is 2060 g/mol. The highest BCUT2D eigenvalue weighted by atomic mass is 128. The van der Waals surface area contributed by atoms with Crippen LogP contribution in [0.4, 0.5) is 5.69 Å². The second-order valence-electron chi connectivity index (χ2n) is 15.0. The number of halogens is 10. The van der Waals surface area contributed by atoms with Gasteiger partial charge in [-0.3, -0.25) is 28.8 Å². The van der Waals surface area contributed by atoms with Crippen LogP contribution in [-0.2, 0) is 32.9 Å². The summed E-state index contributed by atoms with van der Waals surface area (Å²) < 4.78 is 28.7. The number of benzene rings is 2. The summed E-state index contributed by atoms with van der Waals surface area (Å²) in [5.74, 6) is -2.53. The van der Waals surface area contributed by atoms with Gasteiger partial charge in [0.1, 0.15) is 0 Å². The van der Waals surface area contributed by atoms with Crippen molar-refractivity contribution in [2.45, 2.75) is 76.8 Å². The van der Waals surface area contributed by atoms with E-state index in [0.717, 1.165) is 0 Å². The molecule has 0 aliphatic carbocycles. The van der Waals surface area contributed by atoms with Crippen molar-refractivity contribution in [2.24, 2.45) is 0 Å². The Balaban J connectivity index is 0.00000117. The lowest BCUT2D eigenvalue weighted by molar-refractivity contribution is -0.149. The lowest BCUT2D eigenvalue weighted by Gasteiger charge is -2.28. The zero-order valence-electron chi connectivity index (χ0n) is 38.9. The Morgan fingerprint density at radius 1 is 0.658 bits per heavy atom. The number of aliphatic hydroxyl groups is 5. The van der Waals surface area contributed by atoms with E-state index in [9.17, 15) is 59.5 Å². The third kappa shape index (κ3) is 23.3. The number of hydroxylamine groups is 1. The molecule has 3 atom stereocenters. The number of aliphatic hydroxyl groups excluding tert-OH is 5. The predicted octanol–water partition coefficient (Wildman–Crippen LogP) is 3.77. The van der Waals surface area contributed by atoms with Crippen LogP contribution in [0, 0.1) is 21.4 Å². The number of esters is 1. The van der Waals surface area contributed by atoms with E-state index < -0.39 is 79.8 Å². The van der Waals surface area contributed by atoms with Crippen molar-refractivity contribution >= 4 is 263 Å². The van der Waals surface area contributed by atoms with Crippen molar-refractivity contribution in [3.05, 3.63) is 49.2 Å². The average Bonchev–Trinajstić information content (AvgIpc) is 3.32. The second-order valence-corrected chi connectivity index (χ2v) is 21.8. The number of nitrogen functional groups attached to an aromatic ring is 1. The molecule has 2 aromatic rings. The lowest BCUT2D eigenvalue weighted by atomic mass is 9.93. The molecule has 35 heteroatoms. The molecule has 2 fully saturated rings. The fourth-order valence-electron chi connectivity index (χ4n) is 5.84. The number of ether oxygens (including phenoxy) is 1. The fourth-order valence-corrected chi connectivity index (χ4v) is 14.8. The number of amides is 4. The molecule has 2 aromatic carbocycles. The lowest BCUT2D eigenvalue weighted by Crippen LogP contribution is -2.49. The summed E-state index contributed by atoms with van der Waals surface area (Å²) in [4.78, 5) is 72.3. The molecule has 23 nitrogen and oxygen atoms in total.